The van der Waals surface area contributed by atoms with E-state index in [0.717, 1.165) is 43.9 Å². The standard InChI is InChI=1S/C18H27NO2S/c1-21-13-10-17-9-5-6-12-19(17)18(20)11-14-22-15-16-7-3-2-4-8-16/h2-4,7-8,17H,5-6,9-15H2,1H3. The van der Waals surface area contributed by atoms with Crippen LogP contribution in [0.4, 0.5) is 0 Å². The number of methoxy groups -OCH3 is 1. The van der Waals surface area contributed by atoms with Crippen LogP contribution >= 0.6 is 11.8 Å². The van der Waals surface area contributed by atoms with Crippen LogP contribution < -0.4 is 0 Å². The predicted octanol–water partition coefficient (Wildman–Crippen LogP) is 3.73. The predicted molar refractivity (Wildman–Crippen MR) is 93.1 cm³/mol. The van der Waals surface area contributed by atoms with Crippen LogP contribution in [0.1, 0.15) is 37.7 Å². The van der Waals surface area contributed by atoms with Crippen molar-refractivity contribution in [2.45, 2.75) is 43.9 Å². The van der Waals surface area contributed by atoms with Crippen LogP contribution in [0, 0.1) is 0 Å². The third kappa shape index (κ3) is 5.65. The highest BCUT2D eigenvalue weighted by Gasteiger charge is 2.25. The zero-order valence-corrected chi connectivity index (χ0v) is 14.3. The summed E-state index contributed by atoms with van der Waals surface area (Å²) in [5.74, 6) is 2.21. The number of nitrogens with zero attached hydrogens (tertiary/aromatic N) is 1. The number of thioether (sulfide) groups is 1. The van der Waals surface area contributed by atoms with Crippen LogP contribution in [0.25, 0.3) is 0 Å². The van der Waals surface area contributed by atoms with E-state index in [1.54, 1.807) is 7.11 Å². The number of hydrogen-bond acceptors (Lipinski definition) is 3. The van der Waals surface area contributed by atoms with Crippen LogP contribution in [0.2, 0.25) is 0 Å². The lowest BCUT2D eigenvalue weighted by molar-refractivity contribution is -0.134. The molecular formula is C18H27NO2S. The Balaban J connectivity index is 1.70. The lowest BCUT2D eigenvalue weighted by Gasteiger charge is -2.36. The fourth-order valence-electron chi connectivity index (χ4n) is 2.95. The minimum Gasteiger partial charge on any atom is -0.385 e. The summed E-state index contributed by atoms with van der Waals surface area (Å²) in [6.07, 6.45) is 5.14. The summed E-state index contributed by atoms with van der Waals surface area (Å²) in [4.78, 5) is 14.6. The van der Waals surface area contributed by atoms with E-state index in [0.29, 0.717) is 18.4 Å². The Morgan fingerprint density at radius 1 is 1.32 bits per heavy atom. The van der Waals surface area contributed by atoms with Crippen LogP contribution in [-0.2, 0) is 15.3 Å². The highest BCUT2D eigenvalue weighted by molar-refractivity contribution is 7.98. The first kappa shape index (κ1) is 17.4. The Morgan fingerprint density at radius 2 is 2.14 bits per heavy atom. The largest absolute Gasteiger partial charge is 0.385 e. The van der Waals surface area contributed by atoms with Crippen molar-refractivity contribution in [3.8, 4) is 0 Å². The van der Waals surface area contributed by atoms with Crippen molar-refractivity contribution >= 4 is 17.7 Å². The van der Waals surface area contributed by atoms with Crippen LogP contribution in [0.15, 0.2) is 30.3 Å². The van der Waals surface area contributed by atoms with Crippen LogP contribution in [0.3, 0.4) is 0 Å². The van der Waals surface area contributed by atoms with E-state index >= 15 is 0 Å². The molecule has 0 saturated carbocycles. The number of ether oxygens (including phenoxy) is 1. The molecule has 1 saturated heterocycles. The second-order valence-corrected chi connectivity index (χ2v) is 6.91. The van der Waals surface area contributed by atoms with E-state index in [2.05, 4.69) is 29.2 Å². The quantitative estimate of drug-likeness (QED) is 0.683. The van der Waals surface area contributed by atoms with Gasteiger partial charge in [-0.3, -0.25) is 4.79 Å². The second kappa shape index (κ2) is 9.90. The second-order valence-electron chi connectivity index (χ2n) is 5.81. The molecule has 4 heteroatoms. The highest BCUT2D eigenvalue weighted by Crippen LogP contribution is 2.21. The number of likely N-dealkylation sites (tertiary alicyclic amines) is 1. The van der Waals surface area contributed by atoms with Crippen LogP contribution in [-0.4, -0.2) is 42.9 Å². The average molecular weight is 321 g/mol. The monoisotopic (exact) mass is 321 g/mol. The van der Waals surface area contributed by atoms with Gasteiger partial charge >= 0.3 is 0 Å². The molecular weight excluding hydrogens is 294 g/mol. The van der Waals surface area contributed by atoms with E-state index in [1.165, 1.54) is 12.0 Å². The Morgan fingerprint density at radius 3 is 2.91 bits per heavy atom. The van der Waals surface area contributed by atoms with Gasteiger partial charge in [0, 0.05) is 44.2 Å². The lowest BCUT2D eigenvalue weighted by Crippen LogP contribution is -2.44. The summed E-state index contributed by atoms with van der Waals surface area (Å²) < 4.78 is 5.18. The van der Waals surface area contributed by atoms with Crippen molar-refractivity contribution in [1.29, 1.82) is 0 Å². The third-order valence-electron chi connectivity index (χ3n) is 4.17. The van der Waals surface area contributed by atoms with Crippen molar-refractivity contribution < 1.29 is 9.53 Å². The van der Waals surface area contributed by atoms with Crippen molar-refractivity contribution in [2.24, 2.45) is 0 Å². The highest BCUT2D eigenvalue weighted by atomic mass is 32.2. The normalized spacial score (nSPS) is 18.4. The molecule has 1 unspecified atom stereocenters. The Bertz CT molecular complexity index is 438. The molecule has 0 radical (unpaired) electrons. The maximum absolute atomic E-state index is 12.5. The summed E-state index contributed by atoms with van der Waals surface area (Å²) >= 11 is 1.85. The third-order valence-corrected chi connectivity index (χ3v) is 5.20. The van der Waals surface area contributed by atoms with Gasteiger partial charge in [0.15, 0.2) is 0 Å². The molecule has 0 bridgehead atoms. The molecule has 1 aliphatic rings. The molecule has 0 aromatic heterocycles. The maximum atomic E-state index is 12.5. The molecule has 1 aromatic rings. The van der Waals surface area contributed by atoms with Crippen molar-refractivity contribution in [1.82, 2.24) is 4.90 Å². The molecule has 0 aliphatic carbocycles. The van der Waals surface area contributed by atoms with Gasteiger partial charge in [-0.25, -0.2) is 0 Å². The molecule has 1 fully saturated rings. The first-order valence-corrected chi connectivity index (χ1v) is 9.37. The molecule has 2 rings (SSSR count). The number of piperidine rings is 1. The Kier molecular flexibility index (Phi) is 7.81. The summed E-state index contributed by atoms with van der Waals surface area (Å²) in [7, 11) is 1.73. The molecule has 0 N–H and O–H groups in total. The molecule has 1 aliphatic heterocycles. The zero-order valence-electron chi connectivity index (χ0n) is 13.5. The maximum Gasteiger partial charge on any atom is 0.223 e. The van der Waals surface area contributed by atoms with E-state index in [4.69, 9.17) is 4.74 Å². The molecule has 1 heterocycles. The van der Waals surface area contributed by atoms with E-state index in [-0.39, 0.29) is 0 Å². The smallest absolute Gasteiger partial charge is 0.223 e. The lowest BCUT2D eigenvalue weighted by atomic mass is 9.99. The van der Waals surface area contributed by atoms with Gasteiger partial charge in [0.25, 0.3) is 0 Å². The van der Waals surface area contributed by atoms with Gasteiger partial charge in [-0.1, -0.05) is 30.3 Å². The van der Waals surface area contributed by atoms with Gasteiger partial charge in [0.05, 0.1) is 0 Å². The van der Waals surface area contributed by atoms with E-state index in [9.17, 15) is 4.79 Å². The molecule has 3 nitrogen and oxygen atoms in total. The van der Waals surface area contributed by atoms with Gasteiger partial charge in [-0.2, -0.15) is 11.8 Å². The van der Waals surface area contributed by atoms with Crippen molar-refractivity contribution in [3.63, 3.8) is 0 Å². The number of amides is 1. The van der Waals surface area contributed by atoms with Gasteiger partial charge in [0.1, 0.15) is 0 Å². The molecule has 0 spiro atoms. The van der Waals surface area contributed by atoms with Gasteiger partial charge in [-0.15, -0.1) is 0 Å². The number of benzene rings is 1. The van der Waals surface area contributed by atoms with Gasteiger partial charge < -0.3 is 9.64 Å². The minimum absolute atomic E-state index is 0.321. The van der Waals surface area contributed by atoms with E-state index < -0.39 is 0 Å². The zero-order chi connectivity index (χ0) is 15.6. The topological polar surface area (TPSA) is 29.5 Å². The van der Waals surface area contributed by atoms with Crippen molar-refractivity contribution in [2.75, 3.05) is 26.0 Å². The summed E-state index contributed by atoms with van der Waals surface area (Å²) in [5, 5.41) is 0. The first-order valence-electron chi connectivity index (χ1n) is 8.21. The number of hydrogen-bond donors (Lipinski definition) is 0. The van der Waals surface area contributed by atoms with E-state index in [1.807, 2.05) is 17.8 Å². The molecule has 122 valence electrons. The van der Waals surface area contributed by atoms with Gasteiger partial charge in [0.2, 0.25) is 5.91 Å². The Labute approximate surface area is 138 Å². The average Bonchev–Trinajstić information content (AvgIpc) is 2.58. The van der Waals surface area contributed by atoms with Crippen LogP contribution in [0.5, 0.6) is 0 Å². The minimum atomic E-state index is 0.321. The van der Waals surface area contributed by atoms with Crippen molar-refractivity contribution in [3.05, 3.63) is 35.9 Å². The molecule has 1 atom stereocenters. The van der Waals surface area contributed by atoms with Gasteiger partial charge in [-0.05, 0) is 31.2 Å². The molecule has 1 amide bonds. The summed E-state index contributed by atoms with van der Waals surface area (Å²) in [6, 6.07) is 10.8. The summed E-state index contributed by atoms with van der Waals surface area (Å²) in [6.45, 7) is 1.67. The number of carbonyl (C=O) groups is 1. The molecule has 22 heavy (non-hydrogen) atoms. The Hall–Kier alpha value is -1.00. The first-order chi connectivity index (χ1) is 10.8. The molecule has 1 aromatic carbocycles. The SMILES string of the molecule is COCCC1CCCCN1C(=O)CCSCc1ccccc1. The summed E-state index contributed by atoms with van der Waals surface area (Å²) in [5.41, 5.74) is 1.33. The number of carbonyl (C=O) groups excluding carboxylic acids is 1. The fourth-order valence-corrected chi connectivity index (χ4v) is 3.84. The fraction of sp³-hybridized carbons (Fsp3) is 0.611. The number of rotatable bonds is 8.